The molecule has 18 rings (SSSR count). The van der Waals surface area contributed by atoms with Gasteiger partial charge in [-0.25, -0.2) is 0 Å². The average Bonchev–Trinajstić information content (AvgIpc) is 1.49. The van der Waals surface area contributed by atoms with E-state index in [0.29, 0.717) is 0 Å². The number of fused-ring (bicyclic) bond motifs is 10. The lowest BCUT2D eigenvalue weighted by molar-refractivity contribution is 0.645. The summed E-state index contributed by atoms with van der Waals surface area (Å²) in [6.07, 6.45) is 0. The molecule has 0 atom stereocenters. The summed E-state index contributed by atoms with van der Waals surface area (Å²) in [6, 6.07) is 120. The van der Waals surface area contributed by atoms with Crippen LogP contribution in [0.15, 0.2) is 336 Å². The van der Waals surface area contributed by atoms with Crippen LogP contribution in [-0.4, -0.2) is 0 Å². The van der Waals surface area contributed by atoms with Gasteiger partial charge in [0.2, 0.25) is 0 Å². The predicted molar refractivity (Wildman–Crippen MR) is 390 cm³/mol. The first kappa shape index (κ1) is 54.0. The number of rotatable bonds is 11. The Morgan fingerprint density at radius 3 is 1.08 bits per heavy atom. The van der Waals surface area contributed by atoms with E-state index in [1.54, 1.807) is 0 Å². The molecule has 0 saturated heterocycles. The molecule has 93 heavy (non-hydrogen) atoms. The second kappa shape index (κ2) is 21.6. The Labute approximate surface area is 539 Å². The van der Waals surface area contributed by atoms with Crippen molar-refractivity contribution in [2.45, 2.75) is 19.3 Å². The molecule has 438 valence electrons. The molecule has 0 spiro atoms. The van der Waals surface area contributed by atoms with Crippen LogP contribution in [0.25, 0.3) is 132 Å². The van der Waals surface area contributed by atoms with E-state index >= 15 is 0 Å². The van der Waals surface area contributed by atoms with Crippen molar-refractivity contribution < 1.29 is 8.83 Å². The average molecular weight is 1190 g/mol. The maximum Gasteiger partial charge on any atom is 0.135 e. The highest BCUT2D eigenvalue weighted by Crippen LogP contribution is 2.57. The smallest absolute Gasteiger partial charge is 0.135 e. The Balaban J connectivity index is 0.874. The minimum absolute atomic E-state index is 0.449. The van der Waals surface area contributed by atoms with Gasteiger partial charge in [-0.05, 0) is 209 Å². The quantitative estimate of drug-likeness (QED) is 0.121. The van der Waals surface area contributed by atoms with Crippen LogP contribution < -0.4 is 9.80 Å². The summed E-state index contributed by atoms with van der Waals surface area (Å²) in [7, 11) is 0. The van der Waals surface area contributed by atoms with Crippen molar-refractivity contribution in [3.63, 3.8) is 0 Å². The number of anilines is 6. The van der Waals surface area contributed by atoms with Crippen molar-refractivity contribution in [1.29, 1.82) is 0 Å². The maximum absolute atomic E-state index is 6.49. The van der Waals surface area contributed by atoms with Gasteiger partial charge in [-0.15, -0.1) is 0 Å². The summed E-state index contributed by atoms with van der Waals surface area (Å²) < 4.78 is 13.0. The lowest BCUT2D eigenvalue weighted by Crippen LogP contribution is -2.24. The largest absolute Gasteiger partial charge is 0.456 e. The zero-order valence-electron chi connectivity index (χ0n) is 51.4. The summed E-state index contributed by atoms with van der Waals surface area (Å²) in [6.45, 7) is 4.85. The van der Waals surface area contributed by atoms with E-state index < -0.39 is 5.41 Å². The minimum atomic E-state index is -0.449. The van der Waals surface area contributed by atoms with Gasteiger partial charge in [0.1, 0.15) is 22.3 Å². The Hall–Kier alpha value is -12.0. The number of furan rings is 2. The van der Waals surface area contributed by atoms with Crippen LogP contribution in [0.1, 0.15) is 25.0 Å². The molecule has 0 saturated carbocycles. The van der Waals surface area contributed by atoms with Crippen LogP contribution in [0.5, 0.6) is 0 Å². The molecule has 0 amide bonds. The third-order valence-electron chi connectivity index (χ3n) is 19.3. The number of nitrogens with zero attached hydrogens (tertiary/aromatic N) is 2. The lowest BCUT2D eigenvalue weighted by atomic mass is 9.66. The zero-order valence-corrected chi connectivity index (χ0v) is 51.4. The van der Waals surface area contributed by atoms with Gasteiger partial charge in [-0.3, -0.25) is 0 Å². The number of para-hydroxylation sites is 2. The predicted octanol–water partition coefficient (Wildman–Crippen LogP) is 25.4. The van der Waals surface area contributed by atoms with Crippen LogP contribution in [0.4, 0.5) is 34.1 Å². The van der Waals surface area contributed by atoms with E-state index in [-0.39, 0.29) is 0 Å². The van der Waals surface area contributed by atoms with Crippen molar-refractivity contribution in [2.24, 2.45) is 0 Å². The van der Waals surface area contributed by atoms with E-state index in [1.807, 2.05) is 12.1 Å². The van der Waals surface area contributed by atoms with Crippen molar-refractivity contribution in [3.8, 4) is 66.8 Å². The molecule has 17 aromatic rings. The summed E-state index contributed by atoms with van der Waals surface area (Å²) in [5, 5.41) is 9.19. The molecule has 1 aliphatic carbocycles. The molecule has 0 bridgehead atoms. The van der Waals surface area contributed by atoms with Crippen molar-refractivity contribution in [3.05, 3.63) is 339 Å². The molecule has 4 nitrogen and oxygen atoms in total. The van der Waals surface area contributed by atoms with Crippen LogP contribution in [0.3, 0.4) is 0 Å². The fourth-order valence-corrected chi connectivity index (χ4v) is 14.9. The van der Waals surface area contributed by atoms with Gasteiger partial charge in [0.15, 0.2) is 0 Å². The van der Waals surface area contributed by atoms with Crippen molar-refractivity contribution >= 4 is 99.5 Å². The highest BCUT2D eigenvalue weighted by atomic mass is 16.3. The molecule has 0 fully saturated rings. The zero-order chi connectivity index (χ0) is 61.7. The van der Waals surface area contributed by atoms with Gasteiger partial charge in [0, 0.05) is 61.1 Å². The first-order valence-corrected chi connectivity index (χ1v) is 32.0. The molecule has 1 aliphatic rings. The Morgan fingerprint density at radius 2 is 0.602 bits per heavy atom. The molecule has 0 N–H and O–H groups in total. The number of benzene rings is 15. The van der Waals surface area contributed by atoms with Gasteiger partial charge < -0.3 is 18.6 Å². The summed E-state index contributed by atoms with van der Waals surface area (Å²) >= 11 is 0. The van der Waals surface area contributed by atoms with Crippen LogP contribution in [0.2, 0.25) is 0 Å². The summed E-state index contributed by atoms with van der Waals surface area (Å²) in [4.78, 5) is 4.91. The van der Waals surface area contributed by atoms with Crippen LogP contribution >= 0.6 is 0 Å². The third kappa shape index (κ3) is 9.05. The summed E-state index contributed by atoms with van der Waals surface area (Å²) in [5.74, 6) is 0. The minimum Gasteiger partial charge on any atom is -0.456 e. The van der Waals surface area contributed by atoms with E-state index in [1.165, 1.54) is 54.9 Å². The maximum atomic E-state index is 6.49. The van der Waals surface area contributed by atoms with Gasteiger partial charge in [0.25, 0.3) is 0 Å². The topological polar surface area (TPSA) is 32.8 Å². The van der Waals surface area contributed by atoms with E-state index in [0.717, 1.165) is 123 Å². The first-order chi connectivity index (χ1) is 45.8. The van der Waals surface area contributed by atoms with Crippen LogP contribution in [0, 0.1) is 0 Å². The van der Waals surface area contributed by atoms with Crippen LogP contribution in [-0.2, 0) is 5.41 Å². The van der Waals surface area contributed by atoms with Gasteiger partial charge in [-0.1, -0.05) is 232 Å². The van der Waals surface area contributed by atoms with E-state index in [9.17, 15) is 0 Å². The van der Waals surface area contributed by atoms with E-state index in [4.69, 9.17) is 8.83 Å². The second-order valence-electron chi connectivity index (χ2n) is 25.2. The molecule has 0 aliphatic heterocycles. The van der Waals surface area contributed by atoms with E-state index in [2.05, 4.69) is 339 Å². The standard InChI is InChI=1S/C89H60N2O2/c1-89(2)80-36-22-35-74-77-53-66(90(67-41-45-84-78(54-67)72-33-18-20-37-82(72)92-84)70-49-62(57-23-8-3-9-24-57)47-63(50-70)58-25-10-4-11-26-58)39-43-75(77)86(61-31-16-7-17-32-61)88(87(74)80)76-44-40-69(56-81(76)89)91(68-42-46-85-79(55-68)73-34-19-21-38-83(73)93-85)71-51-64(59-27-12-5-13-28-59)48-65(52-71)60-29-14-6-15-30-60/h3-56H,1-2H3. The molecule has 2 aromatic heterocycles. The first-order valence-electron chi connectivity index (χ1n) is 32.0. The fraction of sp³-hybridized carbons (Fsp3) is 0.0337. The molecular formula is C89H60N2O2. The second-order valence-corrected chi connectivity index (χ2v) is 25.2. The number of hydrogen-bond acceptors (Lipinski definition) is 4. The number of hydrogen-bond donors (Lipinski definition) is 0. The highest BCUT2D eigenvalue weighted by Gasteiger charge is 2.37. The SMILES string of the molecule is CC1(C)c2cc(N(c3cc(-c4ccccc4)cc(-c4ccccc4)c3)c3ccc4oc5ccccc5c4c3)ccc2-c2c(-c3ccccc3)c3ccc(N(c4cc(-c5ccccc5)cc(-c5ccccc5)c4)c4ccc5oc6ccccc6c5c4)cc3c3cccc1c23. The highest BCUT2D eigenvalue weighted by molar-refractivity contribution is 6.25. The van der Waals surface area contributed by atoms with Crippen molar-refractivity contribution in [1.82, 2.24) is 0 Å². The normalized spacial score (nSPS) is 12.5. The monoisotopic (exact) mass is 1190 g/mol. The third-order valence-corrected chi connectivity index (χ3v) is 19.3. The Kier molecular flexibility index (Phi) is 12.6. The summed E-state index contributed by atoms with van der Waals surface area (Å²) in [5.41, 5.74) is 25.9. The fourth-order valence-electron chi connectivity index (χ4n) is 14.9. The lowest BCUT2D eigenvalue weighted by Gasteiger charge is -2.38. The van der Waals surface area contributed by atoms with Gasteiger partial charge in [-0.2, -0.15) is 0 Å². The van der Waals surface area contributed by atoms with Gasteiger partial charge >= 0.3 is 0 Å². The molecule has 0 unspecified atom stereocenters. The van der Waals surface area contributed by atoms with Gasteiger partial charge in [0.05, 0.1) is 0 Å². The van der Waals surface area contributed by atoms with Crippen molar-refractivity contribution in [2.75, 3.05) is 9.80 Å². The molecule has 0 radical (unpaired) electrons. The molecular weight excluding hydrogens is 1130 g/mol. The Morgan fingerprint density at radius 1 is 0.226 bits per heavy atom. The molecule has 4 heteroatoms. The molecule has 15 aromatic carbocycles. The molecule has 2 heterocycles. The Bertz CT molecular complexity index is 5660.